The molecule has 134 valence electrons. The molecule has 0 N–H and O–H groups in total. The molecule has 0 aliphatic heterocycles. The lowest BCUT2D eigenvalue weighted by Gasteiger charge is -2.10. The average Bonchev–Trinajstić information content (AvgIpc) is 2.73. The van der Waals surface area contributed by atoms with Crippen LogP contribution in [0.2, 0.25) is 0 Å². The van der Waals surface area contributed by atoms with Gasteiger partial charge in [0.15, 0.2) is 0 Å². The van der Waals surface area contributed by atoms with Gasteiger partial charge in [-0.05, 0) is 54.6 Å². The second kappa shape index (κ2) is 7.29. The van der Waals surface area contributed by atoms with Gasteiger partial charge in [-0.15, -0.1) is 0 Å². The molecule has 0 saturated carbocycles. The average molecular weight is 368 g/mol. The van der Waals surface area contributed by atoms with Crippen LogP contribution in [0.5, 0.6) is 5.75 Å². The van der Waals surface area contributed by atoms with Gasteiger partial charge in [-0.2, -0.15) is 5.26 Å². The number of fused-ring (bicyclic) bond motifs is 1. The van der Waals surface area contributed by atoms with Crippen molar-refractivity contribution in [3.05, 3.63) is 95.8 Å². The first-order valence-corrected chi connectivity index (χ1v) is 8.52. The Balaban J connectivity index is 1.79. The summed E-state index contributed by atoms with van der Waals surface area (Å²) >= 11 is 0. The van der Waals surface area contributed by atoms with Crippen molar-refractivity contribution in [3.8, 4) is 23.1 Å². The van der Waals surface area contributed by atoms with Gasteiger partial charge >= 0.3 is 5.97 Å². The molecular weight excluding hydrogens is 355 g/mol. The lowest BCUT2D eigenvalue weighted by atomic mass is 10.0. The molecule has 0 radical (unpaired) electrons. The van der Waals surface area contributed by atoms with Crippen LogP contribution in [0, 0.1) is 17.1 Å². The zero-order valence-corrected chi connectivity index (χ0v) is 14.6. The number of ether oxygens (including phenoxy) is 1. The highest BCUT2D eigenvalue weighted by atomic mass is 19.1. The Kier molecular flexibility index (Phi) is 4.53. The molecule has 4 nitrogen and oxygen atoms in total. The van der Waals surface area contributed by atoms with Crippen LogP contribution in [0.25, 0.3) is 22.2 Å². The Bertz CT molecular complexity index is 1230. The summed E-state index contributed by atoms with van der Waals surface area (Å²) in [6.07, 6.45) is 0. The van der Waals surface area contributed by atoms with Gasteiger partial charge in [0.05, 0.1) is 28.4 Å². The van der Waals surface area contributed by atoms with E-state index in [-0.39, 0.29) is 11.6 Å². The van der Waals surface area contributed by atoms with Crippen molar-refractivity contribution < 1.29 is 13.9 Å². The van der Waals surface area contributed by atoms with Crippen LogP contribution in [0.4, 0.5) is 4.39 Å². The Hall–Kier alpha value is -4.04. The molecule has 4 aromatic rings. The number of nitriles is 1. The molecule has 3 aromatic carbocycles. The van der Waals surface area contributed by atoms with Gasteiger partial charge in [0.2, 0.25) is 0 Å². The lowest BCUT2D eigenvalue weighted by Crippen LogP contribution is -2.10. The van der Waals surface area contributed by atoms with E-state index in [0.29, 0.717) is 33.3 Å². The summed E-state index contributed by atoms with van der Waals surface area (Å²) in [6, 6.07) is 23.2. The summed E-state index contributed by atoms with van der Waals surface area (Å²) in [5.74, 6) is -0.619. The molecule has 0 amide bonds. The molecule has 4 rings (SSSR count). The SMILES string of the molecule is N#Cc1cccc(OC(=O)c2cc(-c3ccc(F)cc3)nc3ccccc23)c1. The summed E-state index contributed by atoms with van der Waals surface area (Å²) in [5.41, 5.74) is 2.59. The molecule has 0 spiro atoms. The molecule has 5 heteroatoms. The van der Waals surface area contributed by atoms with Crippen LogP contribution < -0.4 is 4.74 Å². The third-order valence-electron chi connectivity index (χ3n) is 4.25. The van der Waals surface area contributed by atoms with Crippen LogP contribution in [-0.4, -0.2) is 11.0 Å². The molecule has 28 heavy (non-hydrogen) atoms. The fourth-order valence-corrected chi connectivity index (χ4v) is 2.90. The molecule has 0 unspecified atom stereocenters. The van der Waals surface area contributed by atoms with Crippen molar-refractivity contribution >= 4 is 16.9 Å². The maximum absolute atomic E-state index is 13.2. The number of para-hydroxylation sites is 1. The monoisotopic (exact) mass is 368 g/mol. The number of rotatable bonds is 3. The Labute approximate surface area is 160 Å². The van der Waals surface area contributed by atoms with Crippen molar-refractivity contribution in [2.45, 2.75) is 0 Å². The number of benzene rings is 3. The van der Waals surface area contributed by atoms with Crippen molar-refractivity contribution in [1.82, 2.24) is 4.98 Å². The number of pyridine rings is 1. The molecule has 0 atom stereocenters. The number of hydrogen-bond donors (Lipinski definition) is 0. The number of nitrogens with zero attached hydrogens (tertiary/aromatic N) is 2. The van der Waals surface area contributed by atoms with E-state index in [4.69, 9.17) is 10.00 Å². The molecular formula is C23H13FN2O2. The van der Waals surface area contributed by atoms with Crippen LogP contribution in [0.1, 0.15) is 15.9 Å². The summed E-state index contributed by atoms with van der Waals surface area (Å²) in [6.45, 7) is 0. The van der Waals surface area contributed by atoms with E-state index < -0.39 is 5.97 Å². The van der Waals surface area contributed by atoms with Gasteiger partial charge < -0.3 is 4.74 Å². The fourth-order valence-electron chi connectivity index (χ4n) is 2.90. The van der Waals surface area contributed by atoms with E-state index >= 15 is 0 Å². The predicted molar refractivity (Wildman–Crippen MR) is 103 cm³/mol. The first kappa shape index (κ1) is 17.4. The Morgan fingerprint density at radius 3 is 2.54 bits per heavy atom. The highest BCUT2D eigenvalue weighted by Gasteiger charge is 2.16. The summed E-state index contributed by atoms with van der Waals surface area (Å²) in [5, 5.41) is 9.66. The maximum atomic E-state index is 13.2. The first-order chi connectivity index (χ1) is 13.6. The highest BCUT2D eigenvalue weighted by Crippen LogP contribution is 2.26. The number of esters is 1. The minimum absolute atomic E-state index is 0.285. The van der Waals surface area contributed by atoms with Crippen LogP contribution in [-0.2, 0) is 0 Å². The number of carbonyl (C=O) groups excluding carboxylic acids is 1. The summed E-state index contributed by atoms with van der Waals surface area (Å²) < 4.78 is 18.7. The fraction of sp³-hybridized carbons (Fsp3) is 0. The third-order valence-corrected chi connectivity index (χ3v) is 4.25. The molecule has 0 bridgehead atoms. The van der Waals surface area contributed by atoms with E-state index in [0.717, 1.165) is 0 Å². The second-order valence-corrected chi connectivity index (χ2v) is 6.11. The van der Waals surface area contributed by atoms with E-state index in [1.54, 1.807) is 48.5 Å². The zero-order chi connectivity index (χ0) is 19.5. The first-order valence-electron chi connectivity index (χ1n) is 8.52. The minimum atomic E-state index is -0.558. The number of halogens is 1. The van der Waals surface area contributed by atoms with E-state index in [9.17, 15) is 9.18 Å². The van der Waals surface area contributed by atoms with Gasteiger partial charge in [0.25, 0.3) is 0 Å². The van der Waals surface area contributed by atoms with Crippen molar-refractivity contribution in [2.24, 2.45) is 0 Å². The second-order valence-electron chi connectivity index (χ2n) is 6.11. The van der Waals surface area contributed by atoms with Crippen LogP contribution in [0.3, 0.4) is 0 Å². The normalized spacial score (nSPS) is 10.4. The number of carbonyl (C=O) groups is 1. The van der Waals surface area contributed by atoms with Gasteiger partial charge in [0.1, 0.15) is 11.6 Å². The molecule has 0 aliphatic rings. The van der Waals surface area contributed by atoms with Crippen molar-refractivity contribution in [2.75, 3.05) is 0 Å². The number of hydrogen-bond acceptors (Lipinski definition) is 4. The quantitative estimate of drug-likeness (QED) is 0.371. The summed E-state index contributed by atoms with van der Waals surface area (Å²) in [4.78, 5) is 17.5. The largest absolute Gasteiger partial charge is 0.423 e. The highest BCUT2D eigenvalue weighted by molar-refractivity contribution is 6.05. The van der Waals surface area contributed by atoms with Crippen molar-refractivity contribution in [3.63, 3.8) is 0 Å². The van der Waals surface area contributed by atoms with Gasteiger partial charge in [-0.25, -0.2) is 14.2 Å². The van der Waals surface area contributed by atoms with Crippen LogP contribution in [0.15, 0.2) is 78.9 Å². The molecule has 0 saturated heterocycles. The zero-order valence-electron chi connectivity index (χ0n) is 14.6. The minimum Gasteiger partial charge on any atom is -0.423 e. The summed E-state index contributed by atoms with van der Waals surface area (Å²) in [7, 11) is 0. The van der Waals surface area contributed by atoms with Crippen molar-refractivity contribution in [1.29, 1.82) is 5.26 Å². The van der Waals surface area contributed by atoms with Gasteiger partial charge in [-0.3, -0.25) is 0 Å². The van der Waals surface area contributed by atoms with E-state index in [1.165, 1.54) is 18.2 Å². The topological polar surface area (TPSA) is 63.0 Å². The molecule has 0 fully saturated rings. The number of aromatic nitrogens is 1. The van der Waals surface area contributed by atoms with Gasteiger partial charge in [-0.1, -0.05) is 24.3 Å². The Morgan fingerprint density at radius 2 is 1.75 bits per heavy atom. The molecule has 1 aromatic heterocycles. The standard InChI is InChI=1S/C23H13FN2O2/c24-17-10-8-16(9-11-17)22-13-20(19-6-1-2-7-21(19)26-22)23(27)28-18-5-3-4-15(12-18)14-25/h1-13H. The predicted octanol–water partition coefficient (Wildman–Crippen LogP) is 5.13. The Morgan fingerprint density at radius 1 is 0.964 bits per heavy atom. The van der Waals surface area contributed by atoms with E-state index in [1.807, 2.05) is 18.2 Å². The maximum Gasteiger partial charge on any atom is 0.344 e. The van der Waals surface area contributed by atoms with E-state index in [2.05, 4.69) is 4.98 Å². The van der Waals surface area contributed by atoms with Gasteiger partial charge in [0, 0.05) is 10.9 Å². The third kappa shape index (κ3) is 3.44. The lowest BCUT2D eigenvalue weighted by molar-refractivity contribution is 0.0737. The van der Waals surface area contributed by atoms with Crippen LogP contribution >= 0.6 is 0 Å². The smallest absolute Gasteiger partial charge is 0.344 e. The molecule has 1 heterocycles. The molecule has 0 aliphatic carbocycles.